The Morgan fingerprint density at radius 2 is 2.25 bits per heavy atom. The summed E-state index contributed by atoms with van der Waals surface area (Å²) in [4.78, 5) is 11.9. The molecule has 3 nitrogen and oxygen atoms in total. The van der Waals surface area contributed by atoms with Gasteiger partial charge in [0.15, 0.2) is 0 Å². The van der Waals surface area contributed by atoms with Crippen molar-refractivity contribution >= 4 is 5.91 Å². The SMILES string of the molecule is CC(C)CNC(=O)C1COc2ccccc21. The van der Waals surface area contributed by atoms with Crippen LogP contribution in [0.1, 0.15) is 25.3 Å². The van der Waals surface area contributed by atoms with Crippen LogP contribution in [0.15, 0.2) is 24.3 Å². The molecule has 16 heavy (non-hydrogen) atoms. The highest BCUT2D eigenvalue weighted by atomic mass is 16.5. The normalized spacial score (nSPS) is 18.1. The molecule has 1 aromatic carbocycles. The van der Waals surface area contributed by atoms with Crippen LogP contribution >= 0.6 is 0 Å². The molecule has 0 aliphatic carbocycles. The maximum Gasteiger partial charge on any atom is 0.231 e. The Morgan fingerprint density at radius 1 is 1.50 bits per heavy atom. The molecule has 1 heterocycles. The topological polar surface area (TPSA) is 38.3 Å². The molecule has 1 aromatic rings. The second-order valence-electron chi connectivity index (χ2n) is 4.54. The maximum atomic E-state index is 11.9. The average Bonchev–Trinajstić information content (AvgIpc) is 2.69. The average molecular weight is 219 g/mol. The number of ether oxygens (including phenoxy) is 1. The molecule has 1 unspecified atom stereocenters. The molecule has 1 aliphatic heterocycles. The Balaban J connectivity index is 2.04. The van der Waals surface area contributed by atoms with Crippen LogP contribution in [-0.4, -0.2) is 19.1 Å². The summed E-state index contributed by atoms with van der Waals surface area (Å²) < 4.78 is 5.48. The number of fused-ring (bicyclic) bond motifs is 1. The first kappa shape index (κ1) is 11.0. The largest absolute Gasteiger partial charge is 0.492 e. The Morgan fingerprint density at radius 3 is 3.00 bits per heavy atom. The van der Waals surface area contributed by atoms with Crippen LogP contribution in [-0.2, 0) is 4.79 Å². The van der Waals surface area contributed by atoms with Gasteiger partial charge in [-0.15, -0.1) is 0 Å². The Labute approximate surface area is 95.8 Å². The first-order valence-electron chi connectivity index (χ1n) is 5.68. The van der Waals surface area contributed by atoms with E-state index in [4.69, 9.17) is 4.74 Å². The zero-order valence-corrected chi connectivity index (χ0v) is 9.69. The fraction of sp³-hybridized carbons (Fsp3) is 0.462. The van der Waals surface area contributed by atoms with E-state index >= 15 is 0 Å². The van der Waals surface area contributed by atoms with Crippen LogP contribution in [0.4, 0.5) is 0 Å². The summed E-state index contributed by atoms with van der Waals surface area (Å²) >= 11 is 0. The second kappa shape index (κ2) is 4.56. The van der Waals surface area contributed by atoms with Gasteiger partial charge < -0.3 is 10.1 Å². The standard InChI is InChI=1S/C13H17NO2/c1-9(2)7-14-13(15)11-8-16-12-6-4-3-5-10(11)12/h3-6,9,11H,7-8H2,1-2H3,(H,14,15). The third-order valence-electron chi connectivity index (χ3n) is 2.70. The fourth-order valence-corrected chi connectivity index (χ4v) is 1.81. The van der Waals surface area contributed by atoms with Gasteiger partial charge in [-0.3, -0.25) is 4.79 Å². The zero-order valence-electron chi connectivity index (χ0n) is 9.69. The van der Waals surface area contributed by atoms with Crippen molar-refractivity contribution in [1.82, 2.24) is 5.32 Å². The molecule has 0 spiro atoms. The summed E-state index contributed by atoms with van der Waals surface area (Å²) in [6.45, 7) is 5.35. The van der Waals surface area contributed by atoms with Crippen molar-refractivity contribution in [2.75, 3.05) is 13.2 Å². The highest BCUT2D eigenvalue weighted by Gasteiger charge is 2.29. The van der Waals surface area contributed by atoms with Gasteiger partial charge >= 0.3 is 0 Å². The molecule has 1 amide bonds. The predicted octanol–water partition coefficient (Wildman–Crippen LogP) is 1.93. The Kier molecular flexibility index (Phi) is 3.13. The van der Waals surface area contributed by atoms with Gasteiger partial charge in [-0.05, 0) is 12.0 Å². The quantitative estimate of drug-likeness (QED) is 0.843. The molecule has 1 N–H and O–H groups in total. The van der Waals surface area contributed by atoms with Gasteiger partial charge in [0.1, 0.15) is 18.3 Å². The number of carbonyl (C=O) groups is 1. The number of para-hydroxylation sites is 1. The van der Waals surface area contributed by atoms with Crippen molar-refractivity contribution in [1.29, 1.82) is 0 Å². The molecule has 3 heteroatoms. The van der Waals surface area contributed by atoms with Crippen LogP contribution in [0.2, 0.25) is 0 Å². The Bertz CT molecular complexity index is 387. The lowest BCUT2D eigenvalue weighted by atomic mass is 10.0. The lowest BCUT2D eigenvalue weighted by Gasteiger charge is -2.11. The highest BCUT2D eigenvalue weighted by molar-refractivity contribution is 5.85. The maximum absolute atomic E-state index is 11.9. The minimum atomic E-state index is -0.144. The van der Waals surface area contributed by atoms with Gasteiger partial charge in [0, 0.05) is 12.1 Å². The lowest BCUT2D eigenvalue weighted by molar-refractivity contribution is -0.122. The van der Waals surface area contributed by atoms with Gasteiger partial charge in [0.05, 0.1) is 0 Å². The van der Waals surface area contributed by atoms with Gasteiger partial charge in [-0.2, -0.15) is 0 Å². The minimum Gasteiger partial charge on any atom is -0.492 e. The Hall–Kier alpha value is -1.51. The van der Waals surface area contributed by atoms with Crippen LogP contribution in [0.3, 0.4) is 0 Å². The summed E-state index contributed by atoms with van der Waals surface area (Å²) in [5, 5.41) is 2.95. The van der Waals surface area contributed by atoms with E-state index < -0.39 is 0 Å². The molecule has 2 rings (SSSR count). The van der Waals surface area contributed by atoms with Crippen LogP contribution in [0, 0.1) is 5.92 Å². The van der Waals surface area contributed by atoms with Gasteiger partial charge in [-0.25, -0.2) is 0 Å². The summed E-state index contributed by atoms with van der Waals surface area (Å²) in [5.41, 5.74) is 1.00. The lowest BCUT2D eigenvalue weighted by Crippen LogP contribution is -2.32. The number of hydrogen-bond donors (Lipinski definition) is 1. The third-order valence-corrected chi connectivity index (χ3v) is 2.70. The summed E-state index contributed by atoms with van der Waals surface area (Å²) in [7, 11) is 0. The predicted molar refractivity (Wildman–Crippen MR) is 62.5 cm³/mol. The van der Waals surface area contributed by atoms with Crippen molar-refractivity contribution in [2.45, 2.75) is 19.8 Å². The molecule has 0 bridgehead atoms. The van der Waals surface area contributed by atoms with Gasteiger partial charge in [0.25, 0.3) is 0 Å². The van der Waals surface area contributed by atoms with E-state index in [-0.39, 0.29) is 11.8 Å². The number of amides is 1. The van der Waals surface area contributed by atoms with E-state index in [0.29, 0.717) is 12.5 Å². The molecule has 0 aromatic heterocycles. The van der Waals surface area contributed by atoms with Crippen molar-refractivity contribution in [3.63, 3.8) is 0 Å². The summed E-state index contributed by atoms with van der Waals surface area (Å²) in [6.07, 6.45) is 0. The number of carbonyl (C=O) groups excluding carboxylic acids is 1. The monoisotopic (exact) mass is 219 g/mol. The van der Waals surface area contributed by atoms with E-state index in [1.165, 1.54) is 0 Å². The van der Waals surface area contributed by atoms with E-state index in [1.807, 2.05) is 24.3 Å². The van der Waals surface area contributed by atoms with Gasteiger partial charge in [-0.1, -0.05) is 32.0 Å². The van der Waals surface area contributed by atoms with E-state index in [2.05, 4.69) is 19.2 Å². The molecule has 0 radical (unpaired) electrons. The van der Waals surface area contributed by atoms with E-state index in [0.717, 1.165) is 17.9 Å². The number of nitrogens with one attached hydrogen (secondary N) is 1. The van der Waals surface area contributed by atoms with Crippen LogP contribution in [0.25, 0.3) is 0 Å². The molecule has 0 saturated heterocycles. The number of benzene rings is 1. The van der Waals surface area contributed by atoms with Crippen LogP contribution in [0.5, 0.6) is 5.75 Å². The molecular formula is C13H17NO2. The van der Waals surface area contributed by atoms with Crippen molar-refractivity contribution in [3.05, 3.63) is 29.8 Å². The fourth-order valence-electron chi connectivity index (χ4n) is 1.81. The second-order valence-corrected chi connectivity index (χ2v) is 4.54. The minimum absolute atomic E-state index is 0.0682. The van der Waals surface area contributed by atoms with Crippen molar-refractivity contribution < 1.29 is 9.53 Å². The van der Waals surface area contributed by atoms with E-state index in [9.17, 15) is 4.79 Å². The number of hydrogen-bond acceptors (Lipinski definition) is 2. The molecular weight excluding hydrogens is 202 g/mol. The van der Waals surface area contributed by atoms with E-state index in [1.54, 1.807) is 0 Å². The van der Waals surface area contributed by atoms with Crippen LogP contribution < -0.4 is 10.1 Å². The first-order valence-corrected chi connectivity index (χ1v) is 5.68. The molecule has 1 atom stereocenters. The van der Waals surface area contributed by atoms with Crippen molar-refractivity contribution in [3.8, 4) is 5.75 Å². The molecule has 86 valence electrons. The summed E-state index contributed by atoms with van der Waals surface area (Å²) in [5.74, 6) is 1.24. The third kappa shape index (κ3) is 2.18. The highest BCUT2D eigenvalue weighted by Crippen LogP contribution is 2.33. The van der Waals surface area contributed by atoms with Gasteiger partial charge in [0.2, 0.25) is 5.91 Å². The molecule has 0 fully saturated rings. The smallest absolute Gasteiger partial charge is 0.231 e. The number of rotatable bonds is 3. The molecule has 0 saturated carbocycles. The summed E-state index contributed by atoms with van der Waals surface area (Å²) in [6, 6.07) is 7.73. The zero-order chi connectivity index (χ0) is 11.5. The first-order chi connectivity index (χ1) is 7.68. The molecule has 1 aliphatic rings. The van der Waals surface area contributed by atoms with Crippen molar-refractivity contribution in [2.24, 2.45) is 5.92 Å².